The van der Waals surface area contributed by atoms with E-state index in [0.717, 1.165) is 67.0 Å². The van der Waals surface area contributed by atoms with Gasteiger partial charge < -0.3 is 4.42 Å². The maximum absolute atomic E-state index is 6.65. The molecule has 0 unspecified atom stereocenters. The van der Waals surface area contributed by atoms with Crippen molar-refractivity contribution in [2.75, 3.05) is 0 Å². The molecule has 0 N–H and O–H groups in total. The first-order valence-electron chi connectivity index (χ1n) is 13.2. The smallest absolute Gasteiger partial charge is 0.292 e. The third-order valence-electron chi connectivity index (χ3n) is 7.55. The number of imidazole rings is 1. The van der Waals surface area contributed by atoms with E-state index in [4.69, 9.17) is 9.40 Å². The number of hydrogen-bond acceptors (Lipinski definition) is 2. The summed E-state index contributed by atoms with van der Waals surface area (Å²) in [5.41, 5.74) is 10.4. The molecule has 0 radical (unpaired) electrons. The third-order valence-corrected chi connectivity index (χ3v) is 7.55. The Labute approximate surface area is 227 Å². The van der Waals surface area contributed by atoms with Gasteiger partial charge >= 0.3 is 0 Å². The first-order chi connectivity index (χ1) is 19.1. The van der Waals surface area contributed by atoms with E-state index in [0.29, 0.717) is 0 Å². The molecule has 0 aliphatic carbocycles. The molecule has 4 heteroatoms. The van der Waals surface area contributed by atoms with Crippen LogP contribution in [0.5, 0.6) is 0 Å². The molecule has 4 nitrogen and oxygen atoms in total. The molecule has 3 heterocycles. The van der Waals surface area contributed by atoms with Crippen molar-refractivity contribution in [2.45, 2.75) is 6.92 Å². The molecular formula is C35H28N3O+. The predicted octanol–water partition coefficient (Wildman–Crippen LogP) is 8.12. The van der Waals surface area contributed by atoms with Crippen LogP contribution in [-0.2, 0) is 14.1 Å². The second-order valence-electron chi connectivity index (χ2n) is 10.1. The van der Waals surface area contributed by atoms with Gasteiger partial charge in [-0.15, -0.1) is 0 Å². The Morgan fingerprint density at radius 3 is 1.95 bits per heavy atom. The normalized spacial score (nSPS) is 11.5. The standard InChI is InChI=1S/C35H28N3O/c1-23-14-16-29-28-17-15-26(22-32(28)39-34(29)33(23)35-37(2)18-19-38(35)3)27-20-30(24-10-6-4-7-11-24)36-31(21-27)25-12-8-5-9-13-25/h4-22H,1-3H3/q+1. The van der Waals surface area contributed by atoms with Crippen LogP contribution < -0.4 is 4.57 Å². The number of fused-ring (bicyclic) bond motifs is 3. The largest absolute Gasteiger partial charge is 0.455 e. The Balaban J connectivity index is 1.43. The number of rotatable bonds is 4. The number of aryl methyl sites for hydroxylation is 3. The van der Waals surface area contributed by atoms with E-state index < -0.39 is 0 Å². The number of furan rings is 1. The number of hydrogen-bond donors (Lipinski definition) is 0. The SMILES string of the molecule is Cc1ccc2c(oc3cc(-c4cc(-c5ccccc5)nc(-c5ccccc5)c4)ccc32)c1-c1n(C)cc[n+]1C. The number of nitrogens with zero attached hydrogens (tertiary/aromatic N) is 3. The minimum atomic E-state index is 0.880. The van der Waals surface area contributed by atoms with Crippen LogP contribution in [0.25, 0.3) is 67.0 Å². The lowest BCUT2D eigenvalue weighted by Crippen LogP contribution is -2.29. The molecule has 0 amide bonds. The van der Waals surface area contributed by atoms with Gasteiger partial charge in [-0.3, -0.25) is 0 Å². The molecule has 39 heavy (non-hydrogen) atoms. The first-order valence-corrected chi connectivity index (χ1v) is 13.2. The van der Waals surface area contributed by atoms with Crippen molar-refractivity contribution < 1.29 is 8.98 Å². The Kier molecular flexibility index (Phi) is 5.41. The van der Waals surface area contributed by atoms with Crippen LogP contribution in [0.3, 0.4) is 0 Å². The predicted molar refractivity (Wildman–Crippen MR) is 158 cm³/mol. The van der Waals surface area contributed by atoms with Crippen molar-refractivity contribution in [2.24, 2.45) is 14.1 Å². The van der Waals surface area contributed by atoms with E-state index in [-0.39, 0.29) is 0 Å². The van der Waals surface area contributed by atoms with E-state index in [2.05, 4.69) is 134 Å². The minimum absolute atomic E-state index is 0.880. The van der Waals surface area contributed by atoms with E-state index in [1.165, 1.54) is 5.56 Å². The first kappa shape index (κ1) is 23.2. The molecule has 0 fully saturated rings. The Bertz CT molecular complexity index is 1900. The average molecular weight is 507 g/mol. The second-order valence-corrected chi connectivity index (χ2v) is 10.1. The lowest BCUT2D eigenvalue weighted by molar-refractivity contribution is -0.659. The number of pyridine rings is 1. The van der Waals surface area contributed by atoms with Crippen molar-refractivity contribution in [1.82, 2.24) is 9.55 Å². The number of aromatic nitrogens is 3. The summed E-state index contributed by atoms with van der Waals surface area (Å²) in [6.45, 7) is 2.15. The van der Waals surface area contributed by atoms with Crippen LogP contribution in [0, 0.1) is 6.92 Å². The van der Waals surface area contributed by atoms with Crippen LogP contribution in [0.4, 0.5) is 0 Å². The van der Waals surface area contributed by atoms with Crippen molar-refractivity contribution >= 4 is 21.9 Å². The van der Waals surface area contributed by atoms with Crippen LogP contribution in [0.15, 0.2) is 120 Å². The molecule has 0 aliphatic rings. The fourth-order valence-electron chi connectivity index (χ4n) is 5.55. The zero-order valence-corrected chi connectivity index (χ0v) is 22.2. The van der Waals surface area contributed by atoms with Gasteiger partial charge in [-0.05, 0) is 47.9 Å². The second kappa shape index (κ2) is 9.10. The number of benzene rings is 4. The van der Waals surface area contributed by atoms with E-state index in [9.17, 15) is 0 Å². The van der Waals surface area contributed by atoms with Crippen LogP contribution in [-0.4, -0.2) is 9.55 Å². The molecule has 0 aliphatic heterocycles. The summed E-state index contributed by atoms with van der Waals surface area (Å²) in [7, 11) is 4.15. The van der Waals surface area contributed by atoms with Gasteiger partial charge in [0.25, 0.3) is 5.82 Å². The maximum atomic E-state index is 6.65. The molecule has 188 valence electrons. The molecule has 0 saturated carbocycles. The Morgan fingerprint density at radius 2 is 1.33 bits per heavy atom. The molecule has 4 aromatic carbocycles. The zero-order valence-electron chi connectivity index (χ0n) is 22.2. The fourth-order valence-corrected chi connectivity index (χ4v) is 5.55. The van der Waals surface area contributed by atoms with Gasteiger partial charge in [0.2, 0.25) is 0 Å². The van der Waals surface area contributed by atoms with Gasteiger partial charge in [-0.2, -0.15) is 0 Å². The molecule has 0 atom stereocenters. The van der Waals surface area contributed by atoms with Crippen LogP contribution in [0.1, 0.15) is 5.56 Å². The van der Waals surface area contributed by atoms with Gasteiger partial charge in [0.1, 0.15) is 23.5 Å². The molecule has 7 aromatic rings. The monoisotopic (exact) mass is 506 g/mol. The quantitative estimate of drug-likeness (QED) is 0.226. The molecule has 7 rings (SSSR count). The lowest BCUT2D eigenvalue weighted by Gasteiger charge is -2.10. The van der Waals surface area contributed by atoms with E-state index >= 15 is 0 Å². The molecular weight excluding hydrogens is 478 g/mol. The fraction of sp³-hybridized carbons (Fsp3) is 0.0857. The molecule has 0 spiro atoms. The summed E-state index contributed by atoms with van der Waals surface area (Å²) in [4.78, 5) is 5.03. The Hall–Kier alpha value is -4.96. The summed E-state index contributed by atoms with van der Waals surface area (Å²) >= 11 is 0. The summed E-state index contributed by atoms with van der Waals surface area (Å²) in [6.07, 6.45) is 4.15. The lowest BCUT2D eigenvalue weighted by atomic mass is 9.98. The summed E-state index contributed by atoms with van der Waals surface area (Å²) < 4.78 is 10.9. The highest BCUT2D eigenvalue weighted by atomic mass is 16.3. The molecule has 0 bridgehead atoms. The summed E-state index contributed by atoms with van der Waals surface area (Å²) in [6, 6.07) is 36.0. The highest BCUT2D eigenvalue weighted by Gasteiger charge is 2.23. The van der Waals surface area contributed by atoms with E-state index in [1.54, 1.807) is 0 Å². The minimum Gasteiger partial charge on any atom is -0.455 e. The van der Waals surface area contributed by atoms with E-state index in [1.807, 2.05) is 12.1 Å². The molecule has 0 saturated heterocycles. The van der Waals surface area contributed by atoms with Crippen LogP contribution in [0.2, 0.25) is 0 Å². The van der Waals surface area contributed by atoms with Crippen molar-refractivity contribution in [1.29, 1.82) is 0 Å². The maximum Gasteiger partial charge on any atom is 0.292 e. The Morgan fingerprint density at radius 1 is 0.692 bits per heavy atom. The van der Waals surface area contributed by atoms with Crippen molar-refractivity contribution in [3.05, 3.63) is 121 Å². The highest BCUT2D eigenvalue weighted by molar-refractivity contribution is 6.10. The third kappa shape index (κ3) is 3.93. The molecule has 3 aromatic heterocycles. The zero-order chi connectivity index (χ0) is 26.5. The van der Waals surface area contributed by atoms with Gasteiger partial charge in [0.15, 0.2) is 5.58 Å². The topological polar surface area (TPSA) is 34.8 Å². The van der Waals surface area contributed by atoms with Crippen LogP contribution >= 0.6 is 0 Å². The van der Waals surface area contributed by atoms with Crippen molar-refractivity contribution in [3.8, 4) is 45.0 Å². The van der Waals surface area contributed by atoms with Gasteiger partial charge in [-0.25, -0.2) is 14.1 Å². The summed E-state index contributed by atoms with van der Waals surface area (Å²) in [5.74, 6) is 1.12. The average Bonchev–Trinajstić information content (AvgIpc) is 3.52. The van der Waals surface area contributed by atoms with Gasteiger partial charge in [-0.1, -0.05) is 78.9 Å². The van der Waals surface area contributed by atoms with Gasteiger partial charge in [0, 0.05) is 21.9 Å². The van der Waals surface area contributed by atoms with Gasteiger partial charge in [0.05, 0.1) is 25.5 Å². The highest BCUT2D eigenvalue weighted by Crippen LogP contribution is 2.39. The summed E-state index contributed by atoms with van der Waals surface area (Å²) in [5, 5.41) is 2.25. The van der Waals surface area contributed by atoms with Crippen molar-refractivity contribution in [3.63, 3.8) is 0 Å².